The molecule has 1 unspecified atom stereocenters. The number of halogens is 1. The van der Waals surface area contributed by atoms with E-state index < -0.39 is 0 Å². The van der Waals surface area contributed by atoms with Gasteiger partial charge in [0.2, 0.25) is 5.95 Å². The van der Waals surface area contributed by atoms with Gasteiger partial charge in [-0.3, -0.25) is 4.79 Å². The number of anilines is 3. The van der Waals surface area contributed by atoms with Crippen molar-refractivity contribution in [3.63, 3.8) is 0 Å². The van der Waals surface area contributed by atoms with Gasteiger partial charge in [0, 0.05) is 30.4 Å². The molecule has 160 valence electrons. The molecule has 6 N–H and O–H groups in total. The lowest BCUT2D eigenvalue weighted by atomic mass is 9.79. The summed E-state index contributed by atoms with van der Waals surface area (Å²) in [5.74, 6) is 0.485. The van der Waals surface area contributed by atoms with Gasteiger partial charge in [0.05, 0.1) is 40.5 Å². The van der Waals surface area contributed by atoms with Crippen molar-refractivity contribution in [3.8, 4) is 17.1 Å². The van der Waals surface area contributed by atoms with Crippen molar-refractivity contribution in [1.82, 2.24) is 25.6 Å². The van der Waals surface area contributed by atoms with E-state index in [9.17, 15) is 4.79 Å². The summed E-state index contributed by atoms with van der Waals surface area (Å²) in [6.45, 7) is 2.22. The topological polar surface area (TPSA) is 130 Å². The normalized spacial score (nSPS) is 19.9. The first kappa shape index (κ1) is 19.7. The molecule has 0 aliphatic carbocycles. The molecule has 10 heteroatoms. The van der Waals surface area contributed by atoms with Crippen molar-refractivity contribution >= 4 is 34.8 Å². The van der Waals surface area contributed by atoms with Gasteiger partial charge in [-0.05, 0) is 31.2 Å². The zero-order valence-electron chi connectivity index (χ0n) is 16.9. The number of carbonyl (C=O) groups excluding carboxylic acids is 1. The Balaban J connectivity index is 1.74. The predicted molar refractivity (Wildman–Crippen MR) is 119 cm³/mol. The van der Waals surface area contributed by atoms with Crippen LogP contribution in [0.2, 0.25) is 5.02 Å². The third kappa shape index (κ3) is 3.17. The van der Waals surface area contributed by atoms with Crippen LogP contribution in [0.25, 0.3) is 11.4 Å². The Morgan fingerprint density at radius 2 is 2.16 bits per heavy atom. The Bertz CT molecular complexity index is 1170. The standard InChI is InChI=1S/C21H22ClN7O2/c1-31-17-11(22)3-2-4-13(17)27-16-14-18(21(6-8-24-9-21)10-26-19(14)30)29-15(16)12-5-7-25-20(23)28-12/h2-5,7,24,27,29H,6,8-10H2,1H3,(H,26,30)(H2,23,25,28). The number of nitrogens with one attached hydrogen (secondary N) is 4. The molecule has 0 radical (unpaired) electrons. The van der Waals surface area contributed by atoms with Gasteiger partial charge in [0.25, 0.3) is 5.91 Å². The summed E-state index contributed by atoms with van der Waals surface area (Å²) in [6, 6.07) is 7.16. The maximum absolute atomic E-state index is 13.1. The van der Waals surface area contributed by atoms with Crippen LogP contribution >= 0.6 is 11.6 Å². The molecule has 2 aliphatic heterocycles. The lowest BCUT2D eigenvalue weighted by molar-refractivity contribution is 0.0927. The number of nitrogens with two attached hydrogens (primary N) is 1. The number of ether oxygens (including phenoxy) is 1. The van der Waals surface area contributed by atoms with Gasteiger partial charge < -0.3 is 31.4 Å². The molecule has 2 aromatic heterocycles. The molecule has 1 spiro atoms. The molecule has 2 aliphatic rings. The number of H-pyrrole nitrogens is 1. The fraction of sp³-hybridized carbons (Fsp3) is 0.286. The molecular formula is C21H22ClN7O2. The van der Waals surface area contributed by atoms with Crippen LogP contribution in [0.5, 0.6) is 5.75 Å². The number of methoxy groups -OCH3 is 1. The number of fused-ring (bicyclic) bond motifs is 2. The monoisotopic (exact) mass is 439 g/mol. The van der Waals surface area contributed by atoms with E-state index in [1.807, 2.05) is 12.1 Å². The molecule has 0 bridgehead atoms. The number of amides is 1. The third-order valence-electron chi connectivity index (χ3n) is 5.95. The fourth-order valence-corrected chi connectivity index (χ4v) is 4.69. The minimum Gasteiger partial charge on any atom is -0.493 e. The van der Waals surface area contributed by atoms with Gasteiger partial charge in [0.15, 0.2) is 5.75 Å². The van der Waals surface area contributed by atoms with Crippen LogP contribution in [-0.4, -0.2) is 47.6 Å². The van der Waals surface area contributed by atoms with Crippen LogP contribution in [0.3, 0.4) is 0 Å². The van der Waals surface area contributed by atoms with Crippen LogP contribution in [0.1, 0.15) is 22.5 Å². The smallest absolute Gasteiger partial charge is 0.255 e. The summed E-state index contributed by atoms with van der Waals surface area (Å²) in [7, 11) is 1.55. The molecule has 31 heavy (non-hydrogen) atoms. The minimum absolute atomic E-state index is 0.151. The second-order valence-electron chi connectivity index (χ2n) is 7.76. The Labute approximate surface area is 183 Å². The van der Waals surface area contributed by atoms with Crippen molar-refractivity contribution in [2.24, 2.45) is 0 Å². The van der Waals surface area contributed by atoms with E-state index in [1.165, 1.54) is 0 Å². The number of hydrogen-bond donors (Lipinski definition) is 5. The van der Waals surface area contributed by atoms with Crippen molar-refractivity contribution in [2.75, 3.05) is 37.8 Å². The van der Waals surface area contributed by atoms with Gasteiger partial charge in [-0.15, -0.1) is 0 Å². The number of rotatable bonds is 4. The number of aromatic nitrogens is 3. The van der Waals surface area contributed by atoms with Crippen LogP contribution in [0.4, 0.5) is 17.3 Å². The number of para-hydroxylation sites is 1. The van der Waals surface area contributed by atoms with E-state index in [2.05, 4.69) is 30.9 Å². The molecular weight excluding hydrogens is 418 g/mol. The van der Waals surface area contributed by atoms with Gasteiger partial charge in [0.1, 0.15) is 0 Å². The van der Waals surface area contributed by atoms with Crippen molar-refractivity contribution in [1.29, 1.82) is 0 Å². The average Bonchev–Trinajstić information content (AvgIpc) is 3.38. The number of nitrogens with zero attached hydrogens (tertiary/aromatic N) is 2. The van der Waals surface area contributed by atoms with E-state index in [0.717, 1.165) is 25.2 Å². The van der Waals surface area contributed by atoms with E-state index >= 15 is 0 Å². The highest BCUT2D eigenvalue weighted by atomic mass is 35.5. The number of benzene rings is 1. The first-order valence-corrected chi connectivity index (χ1v) is 10.3. The average molecular weight is 440 g/mol. The zero-order valence-corrected chi connectivity index (χ0v) is 17.6. The number of carbonyl (C=O) groups is 1. The minimum atomic E-state index is -0.213. The van der Waals surface area contributed by atoms with E-state index in [0.29, 0.717) is 45.6 Å². The largest absolute Gasteiger partial charge is 0.493 e. The molecule has 5 rings (SSSR count). The maximum Gasteiger partial charge on any atom is 0.255 e. The summed E-state index contributed by atoms with van der Waals surface area (Å²) < 4.78 is 5.49. The van der Waals surface area contributed by atoms with Crippen molar-refractivity contribution in [3.05, 3.63) is 46.7 Å². The number of hydrogen-bond acceptors (Lipinski definition) is 7. The number of nitrogen functional groups attached to an aromatic ring is 1. The molecule has 1 fully saturated rings. The molecule has 0 saturated carbocycles. The summed E-state index contributed by atoms with van der Waals surface area (Å²) in [4.78, 5) is 24.9. The fourth-order valence-electron chi connectivity index (χ4n) is 4.44. The second kappa shape index (κ2) is 7.44. The lowest BCUT2D eigenvalue weighted by Crippen LogP contribution is -2.48. The summed E-state index contributed by atoms with van der Waals surface area (Å²) >= 11 is 6.32. The summed E-state index contributed by atoms with van der Waals surface area (Å²) in [5.41, 5.74) is 9.55. The van der Waals surface area contributed by atoms with Crippen molar-refractivity contribution < 1.29 is 9.53 Å². The highest BCUT2D eigenvalue weighted by Crippen LogP contribution is 2.45. The van der Waals surface area contributed by atoms with E-state index in [4.69, 9.17) is 22.1 Å². The molecule has 1 saturated heterocycles. The molecule has 3 aromatic rings. The molecule has 1 atom stereocenters. The van der Waals surface area contributed by atoms with Crippen LogP contribution in [0, 0.1) is 0 Å². The lowest BCUT2D eigenvalue weighted by Gasteiger charge is -2.33. The SMILES string of the molecule is COc1c(Cl)cccc1Nc1c(-c2ccnc(N)n2)[nH]c2c1C(=O)NCC21CCNC1. The predicted octanol–water partition coefficient (Wildman–Crippen LogP) is 2.43. The molecule has 4 heterocycles. The quantitative estimate of drug-likeness (QED) is 0.422. The molecule has 1 amide bonds. The Morgan fingerprint density at radius 1 is 1.29 bits per heavy atom. The van der Waals surface area contributed by atoms with E-state index in [-0.39, 0.29) is 17.3 Å². The third-order valence-corrected chi connectivity index (χ3v) is 6.25. The number of aromatic amines is 1. The molecule has 1 aromatic carbocycles. The first-order valence-electron chi connectivity index (χ1n) is 9.96. The van der Waals surface area contributed by atoms with Gasteiger partial charge >= 0.3 is 0 Å². The van der Waals surface area contributed by atoms with Gasteiger partial charge in [-0.25, -0.2) is 9.97 Å². The Morgan fingerprint density at radius 3 is 2.90 bits per heavy atom. The van der Waals surface area contributed by atoms with Crippen LogP contribution < -0.4 is 26.4 Å². The zero-order chi connectivity index (χ0) is 21.6. The first-order chi connectivity index (χ1) is 15.0. The highest BCUT2D eigenvalue weighted by Gasteiger charge is 2.45. The molecule has 9 nitrogen and oxygen atoms in total. The Kier molecular flexibility index (Phi) is 4.71. The Hall–Kier alpha value is -3.30. The van der Waals surface area contributed by atoms with Crippen LogP contribution in [0.15, 0.2) is 30.5 Å². The highest BCUT2D eigenvalue weighted by molar-refractivity contribution is 6.32. The second-order valence-corrected chi connectivity index (χ2v) is 8.17. The van der Waals surface area contributed by atoms with E-state index in [1.54, 1.807) is 25.4 Å². The summed E-state index contributed by atoms with van der Waals surface area (Å²) in [6.07, 6.45) is 2.50. The van der Waals surface area contributed by atoms with Gasteiger partial charge in [-0.2, -0.15) is 0 Å². The van der Waals surface area contributed by atoms with Crippen molar-refractivity contribution in [2.45, 2.75) is 11.8 Å². The van der Waals surface area contributed by atoms with Crippen LogP contribution in [-0.2, 0) is 5.41 Å². The van der Waals surface area contributed by atoms with Gasteiger partial charge in [-0.1, -0.05) is 17.7 Å². The summed E-state index contributed by atoms with van der Waals surface area (Å²) in [5, 5.41) is 10.3. The maximum atomic E-state index is 13.1.